The Morgan fingerprint density at radius 1 is 0.875 bits per heavy atom. The standard InChI is InChI=1S/C32H33ClN4O3/c1-21-7-14-29(22(2)19-21)36-15-17-37(18-16-36)32(40)24-10-13-26-28(20-24)34-27(5-3-4-6-30(38)39)31(35-26)23-8-11-25(33)12-9-23/h7-14,19-20H,3-6,15-18H2,1-2H3,(H,38,39). The van der Waals surface area contributed by atoms with Crippen LogP contribution < -0.4 is 4.90 Å². The molecule has 1 amide bonds. The Labute approximate surface area is 239 Å². The van der Waals surface area contributed by atoms with E-state index in [0.29, 0.717) is 54.0 Å². The van der Waals surface area contributed by atoms with Gasteiger partial charge in [-0.1, -0.05) is 41.4 Å². The van der Waals surface area contributed by atoms with E-state index in [0.717, 1.165) is 30.0 Å². The topological polar surface area (TPSA) is 86.6 Å². The zero-order valence-corrected chi connectivity index (χ0v) is 23.6. The summed E-state index contributed by atoms with van der Waals surface area (Å²) in [5, 5.41) is 9.65. The fourth-order valence-corrected chi connectivity index (χ4v) is 5.42. The van der Waals surface area contributed by atoms with Gasteiger partial charge in [-0.2, -0.15) is 0 Å². The molecule has 4 aromatic rings. The summed E-state index contributed by atoms with van der Waals surface area (Å²) in [7, 11) is 0. The molecule has 0 unspecified atom stereocenters. The highest BCUT2D eigenvalue weighted by Crippen LogP contribution is 2.28. The largest absolute Gasteiger partial charge is 0.481 e. The number of aryl methyl sites for hydroxylation is 3. The van der Waals surface area contributed by atoms with E-state index in [2.05, 4.69) is 36.9 Å². The van der Waals surface area contributed by atoms with Crippen LogP contribution in [0.1, 0.15) is 46.4 Å². The summed E-state index contributed by atoms with van der Waals surface area (Å²) in [4.78, 5) is 38.5. The van der Waals surface area contributed by atoms with Gasteiger partial charge in [0.15, 0.2) is 0 Å². The van der Waals surface area contributed by atoms with E-state index < -0.39 is 5.97 Å². The van der Waals surface area contributed by atoms with Gasteiger partial charge in [-0.05, 0) is 75.1 Å². The average Bonchev–Trinajstić information content (AvgIpc) is 2.95. The molecule has 1 fully saturated rings. The van der Waals surface area contributed by atoms with Gasteiger partial charge in [-0.3, -0.25) is 9.59 Å². The van der Waals surface area contributed by atoms with Gasteiger partial charge in [0.25, 0.3) is 5.91 Å². The number of carboxylic acids is 1. The monoisotopic (exact) mass is 556 g/mol. The van der Waals surface area contributed by atoms with Gasteiger partial charge in [0, 0.05) is 54.4 Å². The highest BCUT2D eigenvalue weighted by Gasteiger charge is 2.24. The van der Waals surface area contributed by atoms with Crippen molar-refractivity contribution in [3.05, 3.63) is 88.1 Å². The van der Waals surface area contributed by atoms with Gasteiger partial charge in [-0.15, -0.1) is 0 Å². The van der Waals surface area contributed by atoms with Crippen molar-refractivity contribution in [1.82, 2.24) is 14.9 Å². The summed E-state index contributed by atoms with van der Waals surface area (Å²) in [6.07, 6.45) is 1.94. The van der Waals surface area contributed by atoms with Crippen LogP contribution in [0.2, 0.25) is 5.02 Å². The van der Waals surface area contributed by atoms with Crippen molar-refractivity contribution in [2.24, 2.45) is 0 Å². The number of hydrogen-bond acceptors (Lipinski definition) is 5. The zero-order chi connectivity index (χ0) is 28.2. The third-order valence-corrected chi connectivity index (χ3v) is 7.67. The summed E-state index contributed by atoms with van der Waals surface area (Å²) < 4.78 is 0. The fraction of sp³-hybridized carbons (Fsp3) is 0.312. The highest BCUT2D eigenvalue weighted by molar-refractivity contribution is 6.30. The quantitative estimate of drug-likeness (QED) is 0.255. The Kier molecular flexibility index (Phi) is 8.31. The molecule has 206 valence electrons. The number of nitrogens with zero attached hydrogens (tertiary/aromatic N) is 4. The smallest absolute Gasteiger partial charge is 0.303 e. The minimum absolute atomic E-state index is 0.00577. The number of aliphatic carboxylic acids is 1. The Morgan fingerprint density at radius 2 is 1.62 bits per heavy atom. The number of halogens is 1. The lowest BCUT2D eigenvalue weighted by Crippen LogP contribution is -2.49. The lowest BCUT2D eigenvalue weighted by molar-refractivity contribution is -0.137. The molecular weight excluding hydrogens is 524 g/mol. The molecule has 1 aliphatic rings. The van der Waals surface area contributed by atoms with E-state index in [1.165, 1.54) is 16.8 Å². The van der Waals surface area contributed by atoms with Crippen molar-refractivity contribution in [1.29, 1.82) is 0 Å². The zero-order valence-electron chi connectivity index (χ0n) is 22.9. The van der Waals surface area contributed by atoms with E-state index in [9.17, 15) is 9.59 Å². The maximum Gasteiger partial charge on any atom is 0.303 e. The van der Waals surface area contributed by atoms with Crippen molar-refractivity contribution in [3.63, 3.8) is 0 Å². The van der Waals surface area contributed by atoms with E-state index >= 15 is 0 Å². The van der Waals surface area contributed by atoms with E-state index in [-0.39, 0.29) is 12.3 Å². The minimum Gasteiger partial charge on any atom is -0.481 e. The second kappa shape index (κ2) is 12.0. The summed E-state index contributed by atoms with van der Waals surface area (Å²) >= 11 is 6.10. The lowest BCUT2D eigenvalue weighted by atomic mass is 10.0. The van der Waals surface area contributed by atoms with Gasteiger partial charge >= 0.3 is 5.97 Å². The third kappa shape index (κ3) is 6.26. The first-order valence-electron chi connectivity index (χ1n) is 13.7. The van der Waals surface area contributed by atoms with E-state index in [4.69, 9.17) is 26.7 Å². The fourth-order valence-electron chi connectivity index (χ4n) is 5.30. The van der Waals surface area contributed by atoms with Crippen LogP contribution in [0.4, 0.5) is 5.69 Å². The number of carboxylic acid groups (broad SMARTS) is 1. The number of piperazine rings is 1. The minimum atomic E-state index is -0.805. The number of aromatic nitrogens is 2. The van der Waals surface area contributed by atoms with Crippen molar-refractivity contribution in [2.75, 3.05) is 31.1 Å². The van der Waals surface area contributed by atoms with Crippen LogP contribution in [-0.4, -0.2) is 58.0 Å². The SMILES string of the molecule is Cc1ccc(N2CCN(C(=O)c3ccc4nc(-c5ccc(Cl)cc5)c(CCCCC(=O)O)nc4c3)CC2)c(C)c1. The number of benzene rings is 3. The molecule has 40 heavy (non-hydrogen) atoms. The van der Waals surface area contributed by atoms with E-state index in [1.54, 1.807) is 0 Å². The maximum absolute atomic E-state index is 13.5. The highest BCUT2D eigenvalue weighted by atomic mass is 35.5. The van der Waals surface area contributed by atoms with Crippen LogP contribution in [0.3, 0.4) is 0 Å². The van der Waals surface area contributed by atoms with Gasteiger partial charge in [0.05, 0.1) is 22.4 Å². The predicted octanol–water partition coefficient (Wildman–Crippen LogP) is 6.33. The molecule has 1 aromatic heterocycles. The molecule has 0 radical (unpaired) electrons. The first-order chi connectivity index (χ1) is 19.3. The number of carbonyl (C=O) groups is 2. The summed E-state index contributed by atoms with van der Waals surface area (Å²) in [5.74, 6) is -0.811. The number of carbonyl (C=O) groups excluding carboxylic acids is 1. The van der Waals surface area contributed by atoms with Gasteiger partial charge in [0.2, 0.25) is 0 Å². The molecule has 8 heteroatoms. The molecule has 1 aliphatic heterocycles. The summed E-state index contributed by atoms with van der Waals surface area (Å²) in [6.45, 7) is 7.11. The van der Waals surface area contributed by atoms with Crippen LogP contribution in [0.5, 0.6) is 0 Å². The number of anilines is 1. The molecule has 0 bridgehead atoms. The lowest BCUT2D eigenvalue weighted by Gasteiger charge is -2.37. The predicted molar refractivity (Wildman–Crippen MR) is 159 cm³/mol. The first-order valence-corrected chi connectivity index (χ1v) is 14.1. The van der Waals surface area contributed by atoms with Gasteiger partial charge in [0.1, 0.15) is 0 Å². The molecule has 0 atom stereocenters. The molecule has 1 saturated heterocycles. The Morgan fingerprint density at radius 3 is 2.33 bits per heavy atom. The Bertz CT molecular complexity index is 1550. The molecule has 0 spiro atoms. The van der Waals surface area contributed by atoms with Crippen molar-refractivity contribution < 1.29 is 14.7 Å². The van der Waals surface area contributed by atoms with Crippen LogP contribution >= 0.6 is 11.6 Å². The Hall–Kier alpha value is -3.97. The van der Waals surface area contributed by atoms with Crippen LogP contribution in [0, 0.1) is 13.8 Å². The Balaban J connectivity index is 1.36. The van der Waals surface area contributed by atoms with Gasteiger partial charge < -0.3 is 14.9 Å². The van der Waals surface area contributed by atoms with Crippen molar-refractivity contribution in [3.8, 4) is 11.3 Å². The molecule has 0 aliphatic carbocycles. The number of hydrogen-bond donors (Lipinski definition) is 1. The number of rotatable bonds is 8. The molecule has 2 heterocycles. The van der Waals surface area contributed by atoms with Crippen LogP contribution in [0.25, 0.3) is 22.3 Å². The molecule has 7 nitrogen and oxygen atoms in total. The number of fused-ring (bicyclic) bond motifs is 1. The average molecular weight is 557 g/mol. The number of unbranched alkanes of at least 4 members (excludes halogenated alkanes) is 1. The van der Waals surface area contributed by atoms with Crippen LogP contribution in [-0.2, 0) is 11.2 Å². The molecule has 5 rings (SSSR count). The summed E-state index contributed by atoms with van der Waals surface area (Å²) in [6, 6.07) is 19.5. The third-order valence-electron chi connectivity index (χ3n) is 7.42. The summed E-state index contributed by atoms with van der Waals surface area (Å²) in [5.41, 5.74) is 8.12. The molecule has 0 saturated carbocycles. The second-order valence-electron chi connectivity index (χ2n) is 10.4. The van der Waals surface area contributed by atoms with Crippen molar-refractivity contribution >= 4 is 40.2 Å². The molecule has 3 aromatic carbocycles. The van der Waals surface area contributed by atoms with Crippen molar-refractivity contribution in [2.45, 2.75) is 39.5 Å². The maximum atomic E-state index is 13.5. The normalized spacial score (nSPS) is 13.6. The van der Waals surface area contributed by atoms with E-state index in [1.807, 2.05) is 47.4 Å². The number of amides is 1. The second-order valence-corrected chi connectivity index (χ2v) is 10.8. The molecule has 1 N–H and O–H groups in total. The van der Waals surface area contributed by atoms with Gasteiger partial charge in [-0.25, -0.2) is 9.97 Å². The molecular formula is C32H33ClN4O3. The first kappa shape index (κ1) is 27.6. The van der Waals surface area contributed by atoms with Crippen LogP contribution in [0.15, 0.2) is 60.7 Å².